The molecule has 0 aliphatic carbocycles. The van der Waals surface area contributed by atoms with Gasteiger partial charge in [-0.25, -0.2) is 13.2 Å². The zero-order valence-corrected chi connectivity index (χ0v) is 15.0. The molecule has 2 aromatic rings. The van der Waals surface area contributed by atoms with Crippen molar-refractivity contribution < 1.29 is 41.0 Å². The van der Waals surface area contributed by atoms with Gasteiger partial charge in [-0.3, -0.25) is 4.79 Å². The van der Waals surface area contributed by atoms with Crippen LogP contribution >= 0.6 is 0 Å². The Hall–Kier alpha value is -2.91. The molecule has 158 valence electrons. The van der Waals surface area contributed by atoms with E-state index in [4.69, 9.17) is 0 Å². The van der Waals surface area contributed by atoms with E-state index >= 15 is 0 Å². The molecule has 0 spiro atoms. The number of phenols is 1. The third-order valence-electron chi connectivity index (χ3n) is 4.17. The van der Waals surface area contributed by atoms with E-state index in [1.165, 1.54) is 12.1 Å². The molecule has 2 rings (SSSR count). The fourth-order valence-electron chi connectivity index (χ4n) is 2.65. The van der Waals surface area contributed by atoms with Gasteiger partial charge in [0.05, 0.1) is 7.11 Å². The van der Waals surface area contributed by atoms with Gasteiger partial charge in [0.15, 0.2) is 11.6 Å². The highest BCUT2D eigenvalue weighted by molar-refractivity contribution is 5.80. The van der Waals surface area contributed by atoms with Crippen molar-refractivity contribution in [3.05, 3.63) is 59.4 Å². The van der Waals surface area contributed by atoms with Crippen LogP contribution in [0.4, 0.5) is 26.3 Å². The maximum Gasteiger partial charge on any atom is 0.400 e. The molecule has 29 heavy (non-hydrogen) atoms. The number of carbonyl (C=O) groups is 1. The molecule has 2 unspecified atom stereocenters. The SMILES string of the molecule is COc1ccc(C(NC(=O)C(Cc2ccc(O)cc2)C(F)(F)F)C(F)F)cc1F. The van der Waals surface area contributed by atoms with E-state index in [0.29, 0.717) is 6.07 Å². The van der Waals surface area contributed by atoms with Gasteiger partial charge in [-0.05, 0) is 41.8 Å². The number of nitrogens with one attached hydrogen (secondary N) is 1. The van der Waals surface area contributed by atoms with Gasteiger partial charge in [0, 0.05) is 0 Å². The number of hydrogen-bond donors (Lipinski definition) is 2. The Morgan fingerprint density at radius 3 is 2.24 bits per heavy atom. The number of alkyl halides is 5. The molecular formula is C19H17F6NO3. The standard InChI is InChI=1S/C19H17F6NO3/c1-29-15-7-4-11(9-14(15)20)16(17(21)22)26-18(28)13(19(23,24)25)8-10-2-5-12(27)6-3-10/h2-7,9,13,16-17,27H,8H2,1H3,(H,26,28). The molecule has 4 nitrogen and oxygen atoms in total. The van der Waals surface area contributed by atoms with Crippen LogP contribution in [0.25, 0.3) is 0 Å². The molecule has 2 aromatic carbocycles. The molecule has 1 amide bonds. The summed E-state index contributed by atoms with van der Waals surface area (Å²) in [6.45, 7) is 0. The van der Waals surface area contributed by atoms with E-state index in [0.717, 1.165) is 31.4 Å². The van der Waals surface area contributed by atoms with Crippen LogP contribution in [0.1, 0.15) is 17.2 Å². The lowest BCUT2D eigenvalue weighted by Gasteiger charge is -2.24. The van der Waals surface area contributed by atoms with Crippen molar-refractivity contribution in [2.24, 2.45) is 5.92 Å². The van der Waals surface area contributed by atoms with Crippen LogP contribution in [-0.2, 0) is 11.2 Å². The van der Waals surface area contributed by atoms with Crippen LogP contribution < -0.4 is 10.1 Å². The van der Waals surface area contributed by atoms with E-state index in [1.807, 2.05) is 0 Å². The number of hydrogen-bond acceptors (Lipinski definition) is 3. The minimum absolute atomic E-state index is 0.0735. The highest BCUT2D eigenvalue weighted by Gasteiger charge is 2.45. The molecule has 0 radical (unpaired) electrons. The normalized spacial score (nSPS) is 13.8. The fraction of sp³-hybridized carbons (Fsp3) is 0.316. The molecule has 0 aliphatic heterocycles. The molecule has 2 atom stereocenters. The molecule has 0 aromatic heterocycles. The van der Waals surface area contributed by atoms with Gasteiger partial charge in [0.1, 0.15) is 17.7 Å². The number of ether oxygens (including phenoxy) is 1. The average molecular weight is 421 g/mol. The largest absolute Gasteiger partial charge is 0.508 e. The zero-order chi connectivity index (χ0) is 21.8. The highest BCUT2D eigenvalue weighted by atomic mass is 19.4. The van der Waals surface area contributed by atoms with E-state index < -0.39 is 48.3 Å². The van der Waals surface area contributed by atoms with Gasteiger partial charge in [-0.2, -0.15) is 13.2 Å². The lowest BCUT2D eigenvalue weighted by molar-refractivity contribution is -0.183. The Labute approximate surface area is 162 Å². The topological polar surface area (TPSA) is 58.6 Å². The summed E-state index contributed by atoms with van der Waals surface area (Å²) in [4.78, 5) is 12.2. The summed E-state index contributed by atoms with van der Waals surface area (Å²) >= 11 is 0. The van der Waals surface area contributed by atoms with Crippen LogP contribution in [0.5, 0.6) is 11.5 Å². The number of methoxy groups -OCH3 is 1. The average Bonchev–Trinajstić information content (AvgIpc) is 2.64. The number of carbonyl (C=O) groups excluding carboxylic acids is 1. The Morgan fingerprint density at radius 1 is 1.14 bits per heavy atom. The molecule has 0 fully saturated rings. The molecule has 0 aliphatic rings. The summed E-state index contributed by atoms with van der Waals surface area (Å²) < 4.78 is 85.4. The quantitative estimate of drug-likeness (QED) is 0.653. The smallest absolute Gasteiger partial charge is 0.400 e. The fourth-order valence-corrected chi connectivity index (χ4v) is 2.65. The maximum atomic E-state index is 13.8. The molecule has 0 saturated heterocycles. The number of halogens is 6. The van der Waals surface area contributed by atoms with Crippen molar-refractivity contribution in [2.45, 2.75) is 25.1 Å². The van der Waals surface area contributed by atoms with Crippen molar-refractivity contribution in [2.75, 3.05) is 7.11 Å². The van der Waals surface area contributed by atoms with Gasteiger partial charge in [-0.1, -0.05) is 18.2 Å². The molecular weight excluding hydrogens is 404 g/mol. The van der Waals surface area contributed by atoms with Crippen molar-refractivity contribution in [1.82, 2.24) is 5.32 Å². The second-order valence-corrected chi connectivity index (χ2v) is 6.18. The maximum absolute atomic E-state index is 13.8. The van der Waals surface area contributed by atoms with Crippen molar-refractivity contribution in [3.8, 4) is 11.5 Å². The van der Waals surface area contributed by atoms with Crippen LogP contribution in [0.15, 0.2) is 42.5 Å². The second kappa shape index (κ2) is 9.06. The van der Waals surface area contributed by atoms with Crippen molar-refractivity contribution in [3.63, 3.8) is 0 Å². The van der Waals surface area contributed by atoms with Gasteiger partial charge in [-0.15, -0.1) is 0 Å². The first-order chi connectivity index (χ1) is 13.5. The Morgan fingerprint density at radius 2 is 1.76 bits per heavy atom. The molecule has 0 heterocycles. The Kier molecular flexibility index (Phi) is 6.99. The monoisotopic (exact) mass is 421 g/mol. The number of amides is 1. The summed E-state index contributed by atoms with van der Waals surface area (Å²) in [5.41, 5.74) is -0.332. The van der Waals surface area contributed by atoms with Crippen LogP contribution in [0, 0.1) is 11.7 Å². The number of phenolic OH excluding ortho intramolecular Hbond substituents is 1. The first kappa shape index (κ1) is 22.4. The Bertz CT molecular complexity index is 839. The summed E-state index contributed by atoms with van der Waals surface area (Å²) in [5, 5.41) is 10.9. The second-order valence-electron chi connectivity index (χ2n) is 6.18. The minimum atomic E-state index is -5.01. The minimum Gasteiger partial charge on any atom is -0.508 e. The van der Waals surface area contributed by atoms with Crippen molar-refractivity contribution in [1.29, 1.82) is 0 Å². The predicted octanol–water partition coefficient (Wildman–Crippen LogP) is 4.38. The van der Waals surface area contributed by atoms with E-state index in [2.05, 4.69) is 4.74 Å². The summed E-state index contributed by atoms with van der Waals surface area (Å²) in [6, 6.07) is 5.23. The molecule has 2 N–H and O–H groups in total. The van der Waals surface area contributed by atoms with E-state index in [-0.39, 0.29) is 17.1 Å². The lowest BCUT2D eigenvalue weighted by atomic mass is 9.96. The lowest BCUT2D eigenvalue weighted by Crippen LogP contribution is -2.43. The van der Waals surface area contributed by atoms with Crippen LogP contribution in [0.2, 0.25) is 0 Å². The van der Waals surface area contributed by atoms with Crippen LogP contribution in [0.3, 0.4) is 0 Å². The Balaban J connectivity index is 2.26. The first-order valence-electron chi connectivity index (χ1n) is 8.29. The molecule has 10 heteroatoms. The summed E-state index contributed by atoms with van der Waals surface area (Å²) in [6.07, 6.45) is -9.11. The predicted molar refractivity (Wildman–Crippen MR) is 91.2 cm³/mol. The third-order valence-corrected chi connectivity index (χ3v) is 4.17. The van der Waals surface area contributed by atoms with E-state index in [1.54, 1.807) is 5.32 Å². The number of aromatic hydroxyl groups is 1. The summed E-state index contributed by atoms with van der Waals surface area (Å²) in [7, 11) is 1.15. The third kappa shape index (κ3) is 5.78. The molecule has 0 saturated carbocycles. The van der Waals surface area contributed by atoms with Gasteiger partial charge >= 0.3 is 6.18 Å². The van der Waals surface area contributed by atoms with Gasteiger partial charge < -0.3 is 15.2 Å². The first-order valence-corrected chi connectivity index (χ1v) is 8.29. The van der Waals surface area contributed by atoms with Gasteiger partial charge in [0.25, 0.3) is 6.43 Å². The van der Waals surface area contributed by atoms with E-state index in [9.17, 15) is 36.2 Å². The molecule has 0 bridgehead atoms. The van der Waals surface area contributed by atoms with Crippen molar-refractivity contribution >= 4 is 5.91 Å². The summed E-state index contributed by atoms with van der Waals surface area (Å²) in [5.74, 6) is -5.71. The zero-order valence-electron chi connectivity index (χ0n) is 15.0. The number of rotatable bonds is 7. The van der Waals surface area contributed by atoms with Gasteiger partial charge in [0.2, 0.25) is 5.91 Å². The highest BCUT2D eigenvalue weighted by Crippen LogP contribution is 2.32. The van der Waals surface area contributed by atoms with Crippen LogP contribution in [-0.4, -0.2) is 30.7 Å². The number of benzene rings is 2.